The quantitative estimate of drug-likeness (QED) is 0.636. The van der Waals surface area contributed by atoms with Crippen LogP contribution in [0.25, 0.3) is 0 Å². The first kappa shape index (κ1) is 21.3. The van der Waals surface area contributed by atoms with E-state index in [1.165, 1.54) is 11.3 Å². The van der Waals surface area contributed by atoms with E-state index in [0.717, 1.165) is 30.1 Å². The van der Waals surface area contributed by atoms with Gasteiger partial charge >= 0.3 is 0 Å². The molecule has 2 heterocycles. The molecule has 0 spiro atoms. The summed E-state index contributed by atoms with van der Waals surface area (Å²) in [6.07, 6.45) is 2.15. The molecule has 0 radical (unpaired) electrons. The molecule has 29 heavy (non-hydrogen) atoms. The van der Waals surface area contributed by atoms with E-state index < -0.39 is 0 Å². The maximum atomic E-state index is 13.2. The Morgan fingerprint density at radius 1 is 1.24 bits per heavy atom. The molecular formula is C21H28N4O3S. The highest BCUT2D eigenvalue weighted by atomic mass is 32.1. The van der Waals surface area contributed by atoms with E-state index in [1.807, 2.05) is 30.3 Å². The van der Waals surface area contributed by atoms with Gasteiger partial charge in [-0.15, -0.1) is 11.3 Å². The van der Waals surface area contributed by atoms with E-state index in [-0.39, 0.29) is 18.4 Å². The largest absolute Gasteiger partial charge is 0.378 e. The molecule has 0 aliphatic carbocycles. The zero-order valence-electron chi connectivity index (χ0n) is 16.8. The van der Waals surface area contributed by atoms with Gasteiger partial charge < -0.3 is 19.9 Å². The predicted molar refractivity (Wildman–Crippen MR) is 114 cm³/mol. The average molecular weight is 417 g/mol. The van der Waals surface area contributed by atoms with Crippen LogP contribution >= 0.6 is 11.3 Å². The standard InChI is InChI=1S/C21H28N4O3S/c1-2-3-9-22-21-23-18(16-29-21)20(27)25(14-17-7-5-4-6-8-17)15-19(26)24-10-12-28-13-11-24/h4-8,16H,2-3,9-15H2,1H3,(H,22,23). The molecule has 1 aromatic heterocycles. The lowest BCUT2D eigenvalue weighted by atomic mass is 10.2. The Hall–Kier alpha value is -2.45. The smallest absolute Gasteiger partial charge is 0.274 e. The molecule has 2 aromatic rings. The molecule has 0 atom stereocenters. The van der Waals surface area contributed by atoms with Crippen molar-refractivity contribution in [3.8, 4) is 0 Å². The molecule has 1 N–H and O–H groups in total. The molecule has 1 aliphatic heterocycles. The summed E-state index contributed by atoms with van der Waals surface area (Å²) >= 11 is 1.42. The number of morpholine rings is 1. The summed E-state index contributed by atoms with van der Waals surface area (Å²) in [5.74, 6) is -0.288. The molecule has 7 nitrogen and oxygen atoms in total. The Kier molecular flexibility index (Phi) is 8.01. The monoisotopic (exact) mass is 416 g/mol. The molecule has 0 saturated carbocycles. The second kappa shape index (κ2) is 10.9. The van der Waals surface area contributed by atoms with Crippen LogP contribution in [0.1, 0.15) is 35.8 Å². The van der Waals surface area contributed by atoms with Gasteiger partial charge in [-0.3, -0.25) is 9.59 Å². The molecule has 1 aliphatic rings. The van der Waals surface area contributed by atoms with E-state index in [0.29, 0.717) is 38.5 Å². The van der Waals surface area contributed by atoms with E-state index >= 15 is 0 Å². The van der Waals surface area contributed by atoms with Gasteiger partial charge in [-0.25, -0.2) is 4.98 Å². The Bertz CT molecular complexity index is 790. The SMILES string of the molecule is CCCCNc1nc(C(=O)N(CC(=O)N2CCOCC2)Cc2ccccc2)cs1. The third-order valence-electron chi connectivity index (χ3n) is 4.72. The first-order valence-corrected chi connectivity index (χ1v) is 10.9. The van der Waals surface area contributed by atoms with Crippen LogP contribution in [0.3, 0.4) is 0 Å². The maximum absolute atomic E-state index is 13.2. The Balaban J connectivity index is 1.71. The number of anilines is 1. The number of hydrogen-bond donors (Lipinski definition) is 1. The minimum atomic E-state index is -0.227. The van der Waals surface area contributed by atoms with Crippen LogP contribution in [0.5, 0.6) is 0 Å². The number of benzene rings is 1. The first-order chi connectivity index (χ1) is 14.2. The zero-order chi connectivity index (χ0) is 20.5. The summed E-state index contributed by atoms with van der Waals surface area (Å²) in [4.78, 5) is 33.7. The van der Waals surface area contributed by atoms with Crippen molar-refractivity contribution in [2.75, 3.05) is 44.7 Å². The summed E-state index contributed by atoms with van der Waals surface area (Å²) in [6.45, 7) is 5.57. The normalized spacial score (nSPS) is 13.9. The number of nitrogens with one attached hydrogen (secondary N) is 1. The Morgan fingerprint density at radius 3 is 2.72 bits per heavy atom. The minimum Gasteiger partial charge on any atom is -0.378 e. The molecule has 1 saturated heterocycles. The third-order valence-corrected chi connectivity index (χ3v) is 5.52. The van der Waals surface area contributed by atoms with Gasteiger partial charge in [0.15, 0.2) is 5.13 Å². The van der Waals surface area contributed by atoms with Gasteiger partial charge in [-0.2, -0.15) is 0 Å². The number of rotatable bonds is 9. The summed E-state index contributed by atoms with van der Waals surface area (Å²) in [5, 5.41) is 5.74. The van der Waals surface area contributed by atoms with Gasteiger partial charge in [0, 0.05) is 31.6 Å². The molecule has 1 fully saturated rings. The lowest BCUT2D eigenvalue weighted by Crippen LogP contribution is -2.47. The van der Waals surface area contributed by atoms with Gasteiger partial charge in [0.2, 0.25) is 5.91 Å². The van der Waals surface area contributed by atoms with Crippen molar-refractivity contribution < 1.29 is 14.3 Å². The van der Waals surface area contributed by atoms with Crippen LogP contribution in [-0.2, 0) is 16.1 Å². The molecule has 0 unspecified atom stereocenters. The number of aromatic nitrogens is 1. The average Bonchev–Trinajstić information content (AvgIpc) is 3.23. The van der Waals surface area contributed by atoms with Crippen LogP contribution in [0.2, 0.25) is 0 Å². The molecular weight excluding hydrogens is 388 g/mol. The molecule has 3 rings (SSSR count). The summed E-state index contributed by atoms with van der Waals surface area (Å²) in [6, 6.07) is 9.71. The fourth-order valence-corrected chi connectivity index (χ4v) is 3.78. The minimum absolute atomic E-state index is 0.0316. The zero-order valence-corrected chi connectivity index (χ0v) is 17.6. The number of ether oxygens (including phenoxy) is 1. The van der Waals surface area contributed by atoms with Gasteiger partial charge in [-0.1, -0.05) is 43.7 Å². The molecule has 2 amide bonds. The molecule has 0 bridgehead atoms. The van der Waals surface area contributed by atoms with E-state index in [1.54, 1.807) is 15.2 Å². The van der Waals surface area contributed by atoms with Crippen molar-refractivity contribution in [2.45, 2.75) is 26.3 Å². The number of unbranched alkanes of at least 4 members (excludes halogenated alkanes) is 1. The highest BCUT2D eigenvalue weighted by Gasteiger charge is 2.25. The van der Waals surface area contributed by atoms with Crippen LogP contribution in [-0.4, -0.2) is 66.0 Å². The third kappa shape index (κ3) is 6.27. The highest BCUT2D eigenvalue weighted by Crippen LogP contribution is 2.18. The molecule has 8 heteroatoms. The molecule has 1 aromatic carbocycles. The molecule has 156 valence electrons. The van der Waals surface area contributed by atoms with Crippen molar-refractivity contribution >= 4 is 28.3 Å². The Morgan fingerprint density at radius 2 is 2.00 bits per heavy atom. The lowest BCUT2D eigenvalue weighted by Gasteiger charge is -2.30. The first-order valence-electron chi connectivity index (χ1n) is 10.1. The van der Waals surface area contributed by atoms with Gasteiger partial charge in [-0.05, 0) is 12.0 Å². The lowest BCUT2D eigenvalue weighted by molar-refractivity contribution is -0.136. The van der Waals surface area contributed by atoms with E-state index in [2.05, 4.69) is 17.2 Å². The van der Waals surface area contributed by atoms with Crippen molar-refractivity contribution in [3.05, 3.63) is 47.0 Å². The number of nitrogens with zero attached hydrogens (tertiary/aromatic N) is 3. The summed E-state index contributed by atoms with van der Waals surface area (Å²) in [7, 11) is 0. The number of carbonyl (C=O) groups is 2. The van der Waals surface area contributed by atoms with Crippen LogP contribution < -0.4 is 5.32 Å². The van der Waals surface area contributed by atoms with E-state index in [9.17, 15) is 9.59 Å². The van der Waals surface area contributed by atoms with Gasteiger partial charge in [0.05, 0.1) is 13.2 Å². The predicted octanol–water partition coefficient (Wildman–Crippen LogP) is 2.86. The van der Waals surface area contributed by atoms with Gasteiger partial charge in [0.25, 0.3) is 5.91 Å². The number of hydrogen-bond acceptors (Lipinski definition) is 6. The fraction of sp³-hybridized carbons (Fsp3) is 0.476. The highest BCUT2D eigenvalue weighted by molar-refractivity contribution is 7.13. The number of thiazole rings is 1. The van der Waals surface area contributed by atoms with Crippen LogP contribution in [0.4, 0.5) is 5.13 Å². The number of carbonyl (C=O) groups excluding carboxylic acids is 2. The Labute approximate surface area is 175 Å². The number of amides is 2. The maximum Gasteiger partial charge on any atom is 0.274 e. The van der Waals surface area contributed by atoms with Crippen LogP contribution in [0.15, 0.2) is 35.7 Å². The van der Waals surface area contributed by atoms with Crippen LogP contribution in [0, 0.1) is 0 Å². The second-order valence-corrected chi connectivity index (χ2v) is 7.82. The second-order valence-electron chi connectivity index (χ2n) is 6.96. The van der Waals surface area contributed by atoms with E-state index in [4.69, 9.17) is 4.74 Å². The van der Waals surface area contributed by atoms with Crippen molar-refractivity contribution in [1.29, 1.82) is 0 Å². The fourth-order valence-electron chi connectivity index (χ4n) is 3.07. The van der Waals surface area contributed by atoms with Crippen molar-refractivity contribution in [3.63, 3.8) is 0 Å². The van der Waals surface area contributed by atoms with Crippen molar-refractivity contribution in [1.82, 2.24) is 14.8 Å². The van der Waals surface area contributed by atoms with Gasteiger partial charge in [0.1, 0.15) is 12.2 Å². The summed E-state index contributed by atoms with van der Waals surface area (Å²) < 4.78 is 5.32. The summed E-state index contributed by atoms with van der Waals surface area (Å²) in [5.41, 5.74) is 1.35. The van der Waals surface area contributed by atoms with Crippen molar-refractivity contribution in [2.24, 2.45) is 0 Å². The topological polar surface area (TPSA) is 74.8 Å².